The highest BCUT2D eigenvalue weighted by atomic mass is 35.5. The van der Waals surface area contributed by atoms with Crippen molar-refractivity contribution in [2.45, 2.75) is 39.7 Å². The fourth-order valence-corrected chi connectivity index (χ4v) is 2.55. The summed E-state index contributed by atoms with van der Waals surface area (Å²) < 4.78 is 1.67. The van der Waals surface area contributed by atoms with Gasteiger partial charge < -0.3 is 10.2 Å². The first-order valence-electron chi connectivity index (χ1n) is 7.49. The third kappa shape index (κ3) is 4.28. The number of anilines is 1. The zero-order valence-corrected chi connectivity index (χ0v) is 13.6. The molecule has 0 fully saturated rings. The molecule has 6 nitrogen and oxygen atoms in total. The zero-order valence-electron chi connectivity index (χ0n) is 12.9. The fourth-order valence-electron chi connectivity index (χ4n) is 2.37. The standard InChI is InChI=1S/C14H23ClN6/c1-4-20(5-2)8-6-7-11(3)18-13-9-12(15)19-14-16-10-17-21(13)14/h9-11,18H,4-8H2,1-3H3. The van der Waals surface area contributed by atoms with E-state index in [1.54, 1.807) is 10.6 Å². The van der Waals surface area contributed by atoms with E-state index in [1.165, 1.54) is 6.33 Å². The second kappa shape index (κ2) is 7.56. The Morgan fingerprint density at radius 2 is 2.14 bits per heavy atom. The van der Waals surface area contributed by atoms with Gasteiger partial charge in [-0.2, -0.15) is 19.6 Å². The van der Waals surface area contributed by atoms with Crippen LogP contribution in [0.15, 0.2) is 12.4 Å². The molecule has 1 N–H and O–H groups in total. The van der Waals surface area contributed by atoms with Gasteiger partial charge in [0.25, 0.3) is 5.78 Å². The van der Waals surface area contributed by atoms with E-state index in [9.17, 15) is 0 Å². The van der Waals surface area contributed by atoms with Crippen molar-refractivity contribution >= 4 is 23.2 Å². The molecule has 0 aliphatic rings. The van der Waals surface area contributed by atoms with Crippen molar-refractivity contribution in [3.8, 4) is 0 Å². The van der Waals surface area contributed by atoms with Crippen LogP contribution < -0.4 is 5.32 Å². The topological polar surface area (TPSA) is 58.3 Å². The fraction of sp³-hybridized carbons (Fsp3) is 0.643. The van der Waals surface area contributed by atoms with Crippen LogP contribution >= 0.6 is 11.6 Å². The molecule has 0 radical (unpaired) electrons. The molecule has 116 valence electrons. The van der Waals surface area contributed by atoms with Crippen molar-refractivity contribution in [3.05, 3.63) is 17.5 Å². The number of hydrogen-bond donors (Lipinski definition) is 1. The quantitative estimate of drug-likeness (QED) is 0.760. The third-order valence-corrected chi connectivity index (χ3v) is 3.81. The molecule has 1 unspecified atom stereocenters. The lowest BCUT2D eigenvalue weighted by Crippen LogP contribution is -2.26. The van der Waals surface area contributed by atoms with E-state index in [-0.39, 0.29) is 0 Å². The Labute approximate surface area is 130 Å². The first-order chi connectivity index (χ1) is 10.1. The highest BCUT2D eigenvalue weighted by Crippen LogP contribution is 2.16. The molecule has 0 aliphatic carbocycles. The van der Waals surface area contributed by atoms with Crippen molar-refractivity contribution in [1.82, 2.24) is 24.5 Å². The van der Waals surface area contributed by atoms with Crippen LogP contribution in [-0.2, 0) is 0 Å². The van der Waals surface area contributed by atoms with Gasteiger partial charge in [-0.1, -0.05) is 25.4 Å². The predicted molar refractivity (Wildman–Crippen MR) is 85.9 cm³/mol. The van der Waals surface area contributed by atoms with Crippen LogP contribution in [0.4, 0.5) is 5.82 Å². The molecule has 0 saturated carbocycles. The van der Waals surface area contributed by atoms with E-state index in [0.29, 0.717) is 17.0 Å². The Morgan fingerprint density at radius 1 is 1.38 bits per heavy atom. The summed E-state index contributed by atoms with van der Waals surface area (Å²) in [5.74, 6) is 1.35. The molecule has 2 rings (SSSR count). The van der Waals surface area contributed by atoms with Crippen LogP contribution in [0.25, 0.3) is 5.78 Å². The summed E-state index contributed by atoms with van der Waals surface area (Å²) >= 11 is 6.01. The van der Waals surface area contributed by atoms with E-state index in [0.717, 1.165) is 38.3 Å². The van der Waals surface area contributed by atoms with Gasteiger partial charge in [0.2, 0.25) is 0 Å². The monoisotopic (exact) mass is 310 g/mol. The number of nitrogens with zero attached hydrogens (tertiary/aromatic N) is 5. The highest BCUT2D eigenvalue weighted by Gasteiger charge is 2.10. The lowest BCUT2D eigenvalue weighted by Gasteiger charge is -2.20. The second-order valence-corrected chi connectivity index (χ2v) is 5.54. The molecule has 1 atom stereocenters. The molecule has 2 aromatic heterocycles. The Balaban J connectivity index is 1.92. The first kappa shape index (κ1) is 16.0. The van der Waals surface area contributed by atoms with Gasteiger partial charge in [-0.15, -0.1) is 0 Å². The molecule has 0 bridgehead atoms. The van der Waals surface area contributed by atoms with E-state index < -0.39 is 0 Å². The molecular weight excluding hydrogens is 288 g/mol. The maximum absolute atomic E-state index is 6.01. The van der Waals surface area contributed by atoms with Crippen molar-refractivity contribution in [2.24, 2.45) is 0 Å². The minimum Gasteiger partial charge on any atom is -0.367 e. The Kier molecular flexibility index (Phi) is 5.76. The molecule has 0 spiro atoms. The Hall–Kier alpha value is -1.40. The van der Waals surface area contributed by atoms with Gasteiger partial charge in [0.05, 0.1) is 0 Å². The molecule has 7 heteroatoms. The van der Waals surface area contributed by atoms with Gasteiger partial charge in [-0.05, 0) is 39.4 Å². The molecule has 0 amide bonds. The van der Waals surface area contributed by atoms with Gasteiger partial charge in [0.1, 0.15) is 17.3 Å². The third-order valence-electron chi connectivity index (χ3n) is 3.62. The zero-order chi connectivity index (χ0) is 15.2. The number of hydrogen-bond acceptors (Lipinski definition) is 5. The predicted octanol–water partition coefficient (Wildman–Crippen LogP) is 2.70. The van der Waals surface area contributed by atoms with Crippen LogP contribution in [0.5, 0.6) is 0 Å². The average Bonchev–Trinajstić information content (AvgIpc) is 2.92. The van der Waals surface area contributed by atoms with Crippen LogP contribution in [0.1, 0.15) is 33.6 Å². The van der Waals surface area contributed by atoms with E-state index >= 15 is 0 Å². The van der Waals surface area contributed by atoms with E-state index in [4.69, 9.17) is 11.6 Å². The summed E-state index contributed by atoms with van der Waals surface area (Å²) in [7, 11) is 0. The summed E-state index contributed by atoms with van der Waals surface area (Å²) in [6, 6.07) is 2.12. The maximum atomic E-state index is 6.01. The molecule has 0 saturated heterocycles. The minimum absolute atomic E-state index is 0.339. The summed E-state index contributed by atoms with van der Waals surface area (Å²) in [5, 5.41) is 8.03. The Bertz CT molecular complexity index is 566. The van der Waals surface area contributed by atoms with Crippen LogP contribution in [0.2, 0.25) is 5.15 Å². The average molecular weight is 311 g/mol. The molecule has 2 aromatic rings. The van der Waals surface area contributed by atoms with Crippen molar-refractivity contribution < 1.29 is 0 Å². The minimum atomic E-state index is 0.339. The van der Waals surface area contributed by atoms with Gasteiger partial charge in [-0.3, -0.25) is 0 Å². The molecule has 2 heterocycles. The van der Waals surface area contributed by atoms with Gasteiger partial charge in [-0.25, -0.2) is 0 Å². The number of nitrogens with one attached hydrogen (secondary N) is 1. The normalized spacial score (nSPS) is 13.0. The first-order valence-corrected chi connectivity index (χ1v) is 7.87. The molecule has 0 aliphatic heterocycles. The molecule has 0 aromatic carbocycles. The molecule has 21 heavy (non-hydrogen) atoms. The SMILES string of the molecule is CCN(CC)CCCC(C)Nc1cc(Cl)nc2ncnn12. The number of rotatable bonds is 8. The van der Waals surface area contributed by atoms with Crippen LogP contribution in [-0.4, -0.2) is 50.2 Å². The summed E-state index contributed by atoms with van der Waals surface area (Å²) in [4.78, 5) is 10.6. The lowest BCUT2D eigenvalue weighted by molar-refractivity contribution is 0.295. The van der Waals surface area contributed by atoms with Crippen LogP contribution in [0, 0.1) is 0 Å². The summed E-state index contributed by atoms with van der Waals surface area (Å²) in [5.41, 5.74) is 0. The van der Waals surface area contributed by atoms with Gasteiger partial charge in [0.15, 0.2) is 0 Å². The van der Waals surface area contributed by atoms with Gasteiger partial charge >= 0.3 is 0 Å². The number of halogens is 1. The lowest BCUT2D eigenvalue weighted by atomic mass is 10.1. The van der Waals surface area contributed by atoms with Crippen molar-refractivity contribution in [1.29, 1.82) is 0 Å². The van der Waals surface area contributed by atoms with Crippen LogP contribution in [0.3, 0.4) is 0 Å². The summed E-state index contributed by atoms with van der Waals surface area (Å²) in [6.07, 6.45) is 3.73. The second-order valence-electron chi connectivity index (χ2n) is 5.15. The van der Waals surface area contributed by atoms with Crippen molar-refractivity contribution in [3.63, 3.8) is 0 Å². The van der Waals surface area contributed by atoms with E-state index in [2.05, 4.69) is 46.1 Å². The maximum Gasteiger partial charge on any atom is 0.255 e. The Morgan fingerprint density at radius 3 is 2.86 bits per heavy atom. The number of aromatic nitrogens is 4. The molecular formula is C14H23ClN6. The van der Waals surface area contributed by atoms with Gasteiger partial charge in [0, 0.05) is 12.1 Å². The largest absolute Gasteiger partial charge is 0.367 e. The smallest absolute Gasteiger partial charge is 0.255 e. The van der Waals surface area contributed by atoms with E-state index in [1.807, 2.05) is 0 Å². The van der Waals surface area contributed by atoms with Crippen molar-refractivity contribution in [2.75, 3.05) is 25.0 Å². The number of fused-ring (bicyclic) bond motifs is 1. The summed E-state index contributed by atoms with van der Waals surface area (Å²) in [6.45, 7) is 9.92. The highest BCUT2D eigenvalue weighted by molar-refractivity contribution is 6.29.